The first-order valence-electron chi connectivity index (χ1n) is 6.27. The topological polar surface area (TPSA) is 98.6 Å². The smallest absolute Gasteiger partial charge is 0.327 e. The van der Waals surface area contributed by atoms with E-state index in [2.05, 4.69) is 24.9 Å². The Labute approximate surface area is 144 Å². The Hall–Kier alpha value is -1.04. The molecule has 1 saturated heterocycles. The number of hydrogen-bond acceptors (Lipinski definition) is 6. The molecule has 1 fully saturated rings. The van der Waals surface area contributed by atoms with Crippen LogP contribution in [0, 0.1) is 0 Å². The summed E-state index contributed by atoms with van der Waals surface area (Å²) in [6.07, 6.45) is 1.67. The highest BCUT2D eigenvalue weighted by molar-refractivity contribution is 14.0. The van der Waals surface area contributed by atoms with Crippen LogP contribution in [0.3, 0.4) is 0 Å². The number of nitrogens with two attached hydrogens (primary N) is 1. The molecule has 0 aromatic carbocycles. The summed E-state index contributed by atoms with van der Waals surface area (Å²) >= 11 is 1.92. The highest BCUT2D eigenvalue weighted by Gasteiger charge is 2.12. The van der Waals surface area contributed by atoms with E-state index in [-0.39, 0.29) is 36.5 Å². The van der Waals surface area contributed by atoms with Crippen molar-refractivity contribution in [2.75, 3.05) is 31.7 Å². The number of esters is 1. The predicted octanol–water partition coefficient (Wildman–Crippen LogP) is -0.0674. The fourth-order valence-corrected chi connectivity index (χ4v) is 2.64. The quantitative estimate of drug-likeness (QED) is 0.312. The first-order chi connectivity index (χ1) is 9.69. The number of halogens is 1. The van der Waals surface area contributed by atoms with Gasteiger partial charge >= 0.3 is 5.97 Å². The maximum atomic E-state index is 11.1. The number of methoxy groups -OCH3 is 1. The van der Waals surface area contributed by atoms with Crippen LogP contribution in [-0.4, -0.2) is 63.5 Å². The first kappa shape index (κ1) is 18.0. The van der Waals surface area contributed by atoms with Crippen molar-refractivity contribution in [2.45, 2.75) is 13.1 Å². The lowest BCUT2D eigenvalue weighted by Crippen LogP contribution is -2.42. The van der Waals surface area contributed by atoms with Gasteiger partial charge < -0.3 is 15.4 Å². The number of ether oxygens (including phenoxy) is 1. The lowest BCUT2D eigenvalue weighted by molar-refractivity contribution is -0.141. The zero-order chi connectivity index (χ0) is 14.4. The van der Waals surface area contributed by atoms with Gasteiger partial charge in [-0.3, -0.25) is 4.79 Å². The largest absolute Gasteiger partial charge is 0.468 e. The summed E-state index contributed by atoms with van der Waals surface area (Å²) < 4.78 is 5.98. The van der Waals surface area contributed by atoms with Gasteiger partial charge in [-0.05, 0) is 0 Å². The van der Waals surface area contributed by atoms with E-state index < -0.39 is 0 Å². The molecule has 1 aliphatic heterocycles. The number of hydrogen-bond donors (Lipinski definition) is 1. The molecule has 21 heavy (non-hydrogen) atoms. The Morgan fingerprint density at radius 1 is 1.52 bits per heavy atom. The third-order valence-corrected chi connectivity index (χ3v) is 3.79. The average Bonchev–Trinajstić information content (AvgIpc) is 2.93. The lowest BCUT2D eigenvalue weighted by atomic mass is 10.4. The van der Waals surface area contributed by atoms with Gasteiger partial charge in [0.2, 0.25) is 0 Å². The van der Waals surface area contributed by atoms with E-state index in [1.807, 2.05) is 11.8 Å². The van der Waals surface area contributed by atoms with Gasteiger partial charge in [-0.1, -0.05) is 5.21 Å². The molecule has 0 spiro atoms. The monoisotopic (exact) mass is 426 g/mol. The summed E-state index contributed by atoms with van der Waals surface area (Å²) in [5.74, 6) is 2.32. The molecular weight excluding hydrogens is 407 g/mol. The normalized spacial score (nSPS) is 15.5. The molecular formula is C11H19IN6O2S. The van der Waals surface area contributed by atoms with Crippen molar-refractivity contribution in [1.82, 2.24) is 19.9 Å². The predicted molar refractivity (Wildman–Crippen MR) is 91.7 cm³/mol. The fourth-order valence-electron chi connectivity index (χ4n) is 1.74. The van der Waals surface area contributed by atoms with Crippen LogP contribution in [0.1, 0.15) is 5.69 Å². The molecule has 0 saturated carbocycles. The van der Waals surface area contributed by atoms with Crippen LogP contribution in [0.4, 0.5) is 0 Å². The molecule has 2 N–H and O–H groups in total. The van der Waals surface area contributed by atoms with E-state index in [4.69, 9.17) is 5.73 Å². The van der Waals surface area contributed by atoms with Crippen molar-refractivity contribution in [3.63, 3.8) is 0 Å². The summed E-state index contributed by atoms with van der Waals surface area (Å²) in [5.41, 5.74) is 6.61. The minimum absolute atomic E-state index is 0. The van der Waals surface area contributed by atoms with E-state index in [0.29, 0.717) is 18.2 Å². The van der Waals surface area contributed by atoms with Crippen LogP contribution in [0.2, 0.25) is 0 Å². The molecule has 2 rings (SSSR count). The SMILES string of the molecule is COC(=O)Cn1cc(CN=C(N)N2CCSCC2)nn1.I. The van der Waals surface area contributed by atoms with Crippen LogP contribution < -0.4 is 5.73 Å². The standard InChI is InChI=1S/C11H18N6O2S.HI/c1-19-10(18)8-17-7-9(14-15-17)6-13-11(12)16-2-4-20-5-3-16;/h7H,2-6,8H2,1H3,(H2,12,13);1H. The van der Waals surface area contributed by atoms with Crippen LogP contribution >= 0.6 is 35.7 Å². The maximum absolute atomic E-state index is 11.1. The van der Waals surface area contributed by atoms with Gasteiger partial charge in [-0.25, -0.2) is 9.67 Å². The van der Waals surface area contributed by atoms with Gasteiger partial charge in [0.1, 0.15) is 12.2 Å². The van der Waals surface area contributed by atoms with Gasteiger partial charge in [0.15, 0.2) is 5.96 Å². The molecule has 0 aliphatic carbocycles. The Balaban J connectivity index is 0.00000220. The summed E-state index contributed by atoms with van der Waals surface area (Å²) in [7, 11) is 1.34. The van der Waals surface area contributed by atoms with Gasteiger partial charge in [0.25, 0.3) is 0 Å². The maximum Gasteiger partial charge on any atom is 0.327 e. The van der Waals surface area contributed by atoms with Crippen molar-refractivity contribution in [2.24, 2.45) is 10.7 Å². The average molecular weight is 426 g/mol. The number of carbonyl (C=O) groups excluding carboxylic acids is 1. The van der Waals surface area contributed by atoms with E-state index >= 15 is 0 Å². The molecule has 8 nitrogen and oxygen atoms in total. The zero-order valence-corrected chi connectivity index (χ0v) is 14.9. The van der Waals surface area contributed by atoms with Crippen LogP contribution in [0.15, 0.2) is 11.2 Å². The summed E-state index contributed by atoms with van der Waals surface area (Å²) in [6, 6.07) is 0. The number of aliphatic imine (C=N–C) groups is 1. The molecule has 0 bridgehead atoms. The number of nitrogens with zero attached hydrogens (tertiary/aromatic N) is 5. The van der Waals surface area contributed by atoms with Gasteiger partial charge in [-0.15, -0.1) is 29.1 Å². The molecule has 10 heteroatoms. The molecule has 1 aromatic rings. The second-order valence-electron chi connectivity index (χ2n) is 4.26. The molecule has 118 valence electrons. The van der Waals surface area contributed by atoms with Crippen molar-refractivity contribution < 1.29 is 9.53 Å². The van der Waals surface area contributed by atoms with E-state index in [1.165, 1.54) is 11.8 Å². The summed E-state index contributed by atoms with van der Waals surface area (Å²) in [4.78, 5) is 17.5. The van der Waals surface area contributed by atoms with Crippen molar-refractivity contribution >= 4 is 47.7 Å². The third-order valence-electron chi connectivity index (χ3n) is 2.84. The highest BCUT2D eigenvalue weighted by atomic mass is 127. The molecule has 2 heterocycles. The second-order valence-corrected chi connectivity index (χ2v) is 5.48. The fraction of sp³-hybridized carbons (Fsp3) is 0.636. The minimum atomic E-state index is -0.365. The van der Waals surface area contributed by atoms with E-state index in [1.54, 1.807) is 6.20 Å². The van der Waals surface area contributed by atoms with Gasteiger partial charge in [0, 0.05) is 24.6 Å². The highest BCUT2D eigenvalue weighted by Crippen LogP contribution is 2.08. The zero-order valence-electron chi connectivity index (χ0n) is 11.8. The van der Waals surface area contributed by atoms with Crippen LogP contribution in [-0.2, 0) is 22.6 Å². The van der Waals surface area contributed by atoms with Crippen molar-refractivity contribution in [3.8, 4) is 0 Å². The number of rotatable bonds is 4. The molecule has 1 aromatic heterocycles. The Morgan fingerprint density at radius 2 is 2.24 bits per heavy atom. The van der Waals surface area contributed by atoms with Crippen molar-refractivity contribution in [3.05, 3.63) is 11.9 Å². The molecule has 0 amide bonds. The number of carbonyl (C=O) groups is 1. The lowest BCUT2D eigenvalue weighted by Gasteiger charge is -2.27. The van der Waals surface area contributed by atoms with E-state index in [0.717, 1.165) is 24.6 Å². The Kier molecular flexibility index (Phi) is 7.78. The third kappa shape index (κ3) is 5.69. The van der Waals surface area contributed by atoms with Gasteiger partial charge in [0.05, 0.1) is 19.9 Å². The van der Waals surface area contributed by atoms with Gasteiger partial charge in [-0.2, -0.15) is 11.8 Å². The molecule has 0 radical (unpaired) electrons. The van der Waals surface area contributed by atoms with Crippen LogP contribution in [0.5, 0.6) is 0 Å². The van der Waals surface area contributed by atoms with E-state index in [9.17, 15) is 4.79 Å². The van der Waals surface area contributed by atoms with Crippen LogP contribution in [0.25, 0.3) is 0 Å². The Morgan fingerprint density at radius 3 is 2.90 bits per heavy atom. The minimum Gasteiger partial charge on any atom is -0.468 e. The summed E-state index contributed by atoms with van der Waals surface area (Å²) in [6.45, 7) is 2.26. The molecule has 0 atom stereocenters. The number of guanidine groups is 1. The number of thioether (sulfide) groups is 1. The summed E-state index contributed by atoms with van der Waals surface area (Å²) in [5, 5.41) is 7.77. The molecule has 1 aliphatic rings. The molecule has 0 unspecified atom stereocenters. The first-order valence-corrected chi connectivity index (χ1v) is 7.43. The Bertz CT molecular complexity index is 489. The number of aromatic nitrogens is 3. The second kappa shape index (κ2) is 9.07. The van der Waals surface area contributed by atoms with Crippen molar-refractivity contribution in [1.29, 1.82) is 0 Å².